The molecule has 1 aliphatic heterocycles. The number of anilines is 1. The lowest BCUT2D eigenvalue weighted by atomic mass is 10.0. The fraction of sp³-hybridized carbons (Fsp3) is 0.296. The van der Waals surface area contributed by atoms with Crippen molar-refractivity contribution >= 4 is 11.5 Å². The molecular formula is C27H31N9O2. The highest BCUT2D eigenvalue weighted by atomic mass is 16.5. The van der Waals surface area contributed by atoms with Gasteiger partial charge in [-0.05, 0) is 80.4 Å². The Morgan fingerprint density at radius 3 is 2.55 bits per heavy atom. The molecule has 38 heavy (non-hydrogen) atoms. The van der Waals surface area contributed by atoms with Crippen LogP contribution in [0.1, 0.15) is 41.4 Å². The van der Waals surface area contributed by atoms with Gasteiger partial charge in [0, 0.05) is 36.7 Å². The molecule has 4 aromatic rings. The van der Waals surface area contributed by atoms with Crippen LogP contribution in [0.3, 0.4) is 0 Å². The molecule has 0 amide bonds. The minimum atomic E-state index is -0.518. The molecule has 2 aromatic heterocycles. The third kappa shape index (κ3) is 5.73. The van der Waals surface area contributed by atoms with Crippen molar-refractivity contribution in [3.05, 3.63) is 93.9 Å². The summed E-state index contributed by atoms with van der Waals surface area (Å²) >= 11 is 0. The van der Waals surface area contributed by atoms with Crippen LogP contribution in [0.5, 0.6) is 5.75 Å². The third-order valence-electron chi connectivity index (χ3n) is 6.53. The second-order valence-electron chi connectivity index (χ2n) is 9.54. The van der Waals surface area contributed by atoms with Crippen molar-refractivity contribution in [3.8, 4) is 11.7 Å². The van der Waals surface area contributed by atoms with E-state index in [1.807, 2.05) is 37.3 Å². The summed E-state index contributed by atoms with van der Waals surface area (Å²) in [5, 5.41) is 15.7. The number of nitrogens with two attached hydrogens (primary N) is 1. The van der Waals surface area contributed by atoms with Crippen molar-refractivity contribution in [1.29, 1.82) is 5.41 Å². The van der Waals surface area contributed by atoms with Crippen LogP contribution in [0.25, 0.3) is 5.95 Å². The molecule has 0 aliphatic carbocycles. The minimum absolute atomic E-state index is 0.00610. The molecule has 2 aromatic carbocycles. The SMILES string of the molecule is Cc1cc(OC2CCN(C)CC2)cc(C(Nc2ccc(C(=N)N)cc2)c2nn(-c3ncccn3)c(=O)[nH]2)c1. The second kappa shape index (κ2) is 10.9. The number of amidine groups is 1. The Bertz CT molecular complexity index is 1460. The molecule has 0 spiro atoms. The number of nitrogens with one attached hydrogen (secondary N) is 3. The smallest absolute Gasteiger partial charge is 0.350 e. The number of nitrogen functional groups attached to an aromatic ring is 1. The number of piperidine rings is 1. The minimum Gasteiger partial charge on any atom is -0.490 e. The number of likely N-dealkylation sites (tertiary alicyclic amines) is 1. The number of rotatable bonds is 8. The van der Waals surface area contributed by atoms with Gasteiger partial charge >= 0.3 is 5.69 Å². The topological polar surface area (TPSA) is 151 Å². The van der Waals surface area contributed by atoms with E-state index in [2.05, 4.69) is 37.3 Å². The number of hydrogen-bond acceptors (Lipinski definition) is 8. The summed E-state index contributed by atoms with van der Waals surface area (Å²) in [6.45, 7) is 4.02. The Balaban J connectivity index is 1.51. The summed E-state index contributed by atoms with van der Waals surface area (Å²) in [6.07, 6.45) is 5.21. The molecule has 0 saturated carbocycles. The lowest BCUT2D eigenvalue weighted by Crippen LogP contribution is -2.35. The molecule has 0 radical (unpaired) electrons. The standard InChI is InChI=1S/C27H31N9O2/c1-17-14-19(16-22(15-17)38-21-8-12-35(2)13-9-21)23(32-20-6-4-18(5-7-20)24(28)29)25-33-27(37)36(34-25)26-30-10-3-11-31-26/h3-7,10-11,14-16,21,23,32H,8-9,12-13H2,1-2H3,(H3,28,29)(H,33,34,37). The molecule has 5 N–H and O–H groups in total. The van der Waals surface area contributed by atoms with E-state index in [9.17, 15) is 4.79 Å². The van der Waals surface area contributed by atoms with Gasteiger partial charge in [0.1, 0.15) is 23.7 Å². The van der Waals surface area contributed by atoms with Gasteiger partial charge in [0.05, 0.1) is 0 Å². The van der Waals surface area contributed by atoms with Crippen LogP contribution in [0.2, 0.25) is 0 Å². The Labute approximate surface area is 220 Å². The molecule has 0 bridgehead atoms. The van der Waals surface area contributed by atoms with Crippen molar-refractivity contribution in [3.63, 3.8) is 0 Å². The number of ether oxygens (including phenoxy) is 1. The Morgan fingerprint density at radius 2 is 1.87 bits per heavy atom. The highest BCUT2D eigenvalue weighted by molar-refractivity contribution is 5.95. The molecule has 196 valence electrons. The number of aromatic amines is 1. The fourth-order valence-electron chi connectivity index (χ4n) is 4.54. The summed E-state index contributed by atoms with van der Waals surface area (Å²) in [5.41, 5.74) is 8.47. The number of nitrogens with zero attached hydrogens (tertiary/aromatic N) is 5. The summed E-state index contributed by atoms with van der Waals surface area (Å²) in [7, 11) is 2.13. The summed E-state index contributed by atoms with van der Waals surface area (Å²) < 4.78 is 7.54. The first-order valence-electron chi connectivity index (χ1n) is 12.5. The van der Waals surface area contributed by atoms with E-state index in [4.69, 9.17) is 15.9 Å². The number of H-pyrrole nitrogens is 1. The van der Waals surface area contributed by atoms with E-state index < -0.39 is 11.7 Å². The van der Waals surface area contributed by atoms with Gasteiger partial charge in [-0.15, -0.1) is 9.78 Å². The average Bonchev–Trinajstić information content (AvgIpc) is 3.30. The first kappa shape index (κ1) is 25.2. The normalized spacial score (nSPS) is 15.2. The molecule has 1 unspecified atom stereocenters. The molecule has 11 heteroatoms. The van der Waals surface area contributed by atoms with E-state index >= 15 is 0 Å². The summed E-state index contributed by atoms with van der Waals surface area (Å²) in [4.78, 5) is 26.3. The van der Waals surface area contributed by atoms with Crippen LogP contribution in [0.4, 0.5) is 5.69 Å². The maximum atomic E-state index is 12.8. The van der Waals surface area contributed by atoms with Crippen LogP contribution in [-0.2, 0) is 0 Å². The lowest BCUT2D eigenvalue weighted by Gasteiger charge is -2.29. The van der Waals surface area contributed by atoms with E-state index in [0.717, 1.165) is 53.2 Å². The predicted octanol–water partition coefficient (Wildman–Crippen LogP) is 2.62. The summed E-state index contributed by atoms with van der Waals surface area (Å²) in [5.74, 6) is 1.35. The van der Waals surface area contributed by atoms with E-state index in [0.29, 0.717) is 11.4 Å². The van der Waals surface area contributed by atoms with Gasteiger partial charge in [-0.3, -0.25) is 10.4 Å². The van der Waals surface area contributed by atoms with Crippen LogP contribution in [0, 0.1) is 12.3 Å². The maximum Gasteiger partial charge on any atom is 0.350 e. The number of aromatic nitrogens is 5. The Kier molecular flexibility index (Phi) is 7.18. The molecule has 1 fully saturated rings. The van der Waals surface area contributed by atoms with Gasteiger partial charge in [-0.25, -0.2) is 14.8 Å². The van der Waals surface area contributed by atoms with Crippen LogP contribution >= 0.6 is 0 Å². The Hall–Kier alpha value is -4.51. The largest absolute Gasteiger partial charge is 0.490 e. The van der Waals surface area contributed by atoms with Crippen molar-refractivity contribution in [2.24, 2.45) is 5.73 Å². The predicted molar refractivity (Wildman–Crippen MR) is 145 cm³/mol. The highest BCUT2D eigenvalue weighted by Gasteiger charge is 2.23. The van der Waals surface area contributed by atoms with Crippen molar-refractivity contribution < 1.29 is 4.74 Å². The Morgan fingerprint density at radius 1 is 1.16 bits per heavy atom. The summed E-state index contributed by atoms with van der Waals surface area (Å²) in [6, 6.07) is 14.4. The van der Waals surface area contributed by atoms with Crippen molar-refractivity contribution in [2.75, 3.05) is 25.5 Å². The van der Waals surface area contributed by atoms with Gasteiger partial charge in [-0.2, -0.15) is 0 Å². The van der Waals surface area contributed by atoms with E-state index in [1.165, 1.54) is 0 Å². The van der Waals surface area contributed by atoms with Crippen LogP contribution < -0.4 is 21.5 Å². The van der Waals surface area contributed by atoms with E-state index in [-0.39, 0.29) is 17.9 Å². The molecule has 11 nitrogen and oxygen atoms in total. The molecule has 1 saturated heterocycles. The second-order valence-corrected chi connectivity index (χ2v) is 9.54. The van der Waals surface area contributed by atoms with Crippen LogP contribution in [0.15, 0.2) is 65.7 Å². The first-order valence-corrected chi connectivity index (χ1v) is 12.5. The molecule has 1 atom stereocenters. The monoisotopic (exact) mass is 513 g/mol. The lowest BCUT2D eigenvalue weighted by molar-refractivity contribution is 0.114. The first-order chi connectivity index (χ1) is 18.4. The number of hydrogen-bond donors (Lipinski definition) is 4. The van der Waals surface area contributed by atoms with Gasteiger partial charge < -0.3 is 20.7 Å². The van der Waals surface area contributed by atoms with Crippen molar-refractivity contribution in [1.82, 2.24) is 29.6 Å². The zero-order valence-corrected chi connectivity index (χ0v) is 21.4. The number of aryl methyl sites for hydroxylation is 1. The molecule has 3 heterocycles. The zero-order chi connectivity index (χ0) is 26.6. The zero-order valence-electron chi connectivity index (χ0n) is 21.4. The van der Waals surface area contributed by atoms with Gasteiger partial charge in [-0.1, -0.05) is 6.07 Å². The maximum absolute atomic E-state index is 12.8. The molecular weight excluding hydrogens is 482 g/mol. The van der Waals surface area contributed by atoms with Gasteiger partial charge in [0.2, 0.25) is 0 Å². The van der Waals surface area contributed by atoms with Gasteiger partial charge in [0.25, 0.3) is 5.95 Å². The fourth-order valence-corrected chi connectivity index (χ4v) is 4.54. The number of benzene rings is 2. The van der Waals surface area contributed by atoms with E-state index in [1.54, 1.807) is 30.6 Å². The van der Waals surface area contributed by atoms with Gasteiger partial charge in [0.15, 0.2) is 5.82 Å². The third-order valence-corrected chi connectivity index (χ3v) is 6.53. The average molecular weight is 514 g/mol. The molecule has 5 rings (SSSR count). The van der Waals surface area contributed by atoms with Crippen LogP contribution in [-0.4, -0.2) is 61.7 Å². The quantitative estimate of drug-likeness (QED) is 0.207. The van der Waals surface area contributed by atoms with Crippen molar-refractivity contribution in [2.45, 2.75) is 31.9 Å². The highest BCUT2D eigenvalue weighted by Crippen LogP contribution is 2.30. The molecule has 1 aliphatic rings.